The minimum Gasteiger partial charge on any atom is -0.277 e. The van der Waals surface area contributed by atoms with Crippen molar-refractivity contribution in [2.75, 3.05) is 6.26 Å². The zero-order valence-corrected chi connectivity index (χ0v) is 7.90. The predicted octanol–water partition coefficient (Wildman–Crippen LogP) is 2.59. The van der Waals surface area contributed by atoms with Crippen LogP contribution in [0.1, 0.15) is 5.56 Å². The third kappa shape index (κ3) is 1.01. The highest BCUT2D eigenvalue weighted by Crippen LogP contribution is 2.27. The van der Waals surface area contributed by atoms with E-state index in [0.29, 0.717) is 0 Å². The van der Waals surface area contributed by atoms with Crippen molar-refractivity contribution in [3.63, 3.8) is 0 Å². The van der Waals surface area contributed by atoms with E-state index in [1.807, 2.05) is 6.20 Å². The van der Waals surface area contributed by atoms with Crippen molar-refractivity contribution in [3.05, 3.63) is 23.9 Å². The second-order valence-corrected chi connectivity index (χ2v) is 3.57. The van der Waals surface area contributed by atoms with Crippen LogP contribution < -0.4 is 0 Å². The molecule has 2 aromatic rings. The van der Waals surface area contributed by atoms with Crippen molar-refractivity contribution in [1.82, 2.24) is 10.2 Å². The first-order valence-electron chi connectivity index (χ1n) is 3.79. The Balaban J connectivity index is 2.83. The zero-order valence-electron chi connectivity index (χ0n) is 7.09. The van der Waals surface area contributed by atoms with Gasteiger partial charge in [0.05, 0.1) is 11.7 Å². The van der Waals surface area contributed by atoms with E-state index in [1.165, 1.54) is 15.8 Å². The van der Waals surface area contributed by atoms with Crippen LogP contribution in [-0.2, 0) is 0 Å². The van der Waals surface area contributed by atoms with Gasteiger partial charge in [0, 0.05) is 10.3 Å². The SMILES string of the molecule is CSc1c(C)ccc2cn[nH]c12. The molecule has 0 fully saturated rings. The third-order valence-electron chi connectivity index (χ3n) is 1.97. The summed E-state index contributed by atoms with van der Waals surface area (Å²) in [5.74, 6) is 0. The smallest absolute Gasteiger partial charge is 0.0788 e. The number of hydrogen-bond acceptors (Lipinski definition) is 2. The van der Waals surface area contributed by atoms with Crippen molar-refractivity contribution in [1.29, 1.82) is 0 Å². The lowest BCUT2D eigenvalue weighted by molar-refractivity contribution is 1.10. The molecule has 0 amide bonds. The summed E-state index contributed by atoms with van der Waals surface area (Å²) in [6.45, 7) is 2.12. The molecule has 0 saturated carbocycles. The fraction of sp³-hybridized carbons (Fsp3) is 0.222. The fourth-order valence-corrected chi connectivity index (χ4v) is 2.11. The molecule has 0 radical (unpaired) electrons. The summed E-state index contributed by atoms with van der Waals surface area (Å²) in [5.41, 5.74) is 2.46. The number of benzene rings is 1. The van der Waals surface area contributed by atoms with Gasteiger partial charge in [-0.3, -0.25) is 5.10 Å². The molecule has 2 rings (SSSR count). The van der Waals surface area contributed by atoms with E-state index < -0.39 is 0 Å². The highest BCUT2D eigenvalue weighted by Gasteiger charge is 2.03. The Morgan fingerprint density at radius 2 is 2.25 bits per heavy atom. The second kappa shape index (κ2) is 2.83. The number of thioether (sulfide) groups is 1. The number of aromatic nitrogens is 2. The molecular weight excluding hydrogens is 168 g/mol. The van der Waals surface area contributed by atoms with E-state index >= 15 is 0 Å². The maximum atomic E-state index is 4.01. The first-order chi connectivity index (χ1) is 5.83. The van der Waals surface area contributed by atoms with Gasteiger partial charge in [0.15, 0.2) is 0 Å². The molecule has 0 aliphatic heterocycles. The van der Waals surface area contributed by atoms with Crippen LogP contribution in [0.5, 0.6) is 0 Å². The van der Waals surface area contributed by atoms with E-state index in [-0.39, 0.29) is 0 Å². The molecule has 0 aliphatic rings. The molecule has 0 aliphatic carbocycles. The summed E-state index contributed by atoms with van der Waals surface area (Å²) < 4.78 is 0. The van der Waals surface area contributed by atoms with Gasteiger partial charge in [-0.05, 0) is 18.7 Å². The van der Waals surface area contributed by atoms with E-state index in [2.05, 4.69) is 35.5 Å². The van der Waals surface area contributed by atoms with Crippen LogP contribution in [0.4, 0.5) is 0 Å². The number of hydrogen-bond donors (Lipinski definition) is 1. The monoisotopic (exact) mass is 178 g/mol. The number of nitrogens with one attached hydrogen (secondary N) is 1. The fourth-order valence-electron chi connectivity index (χ4n) is 1.35. The summed E-state index contributed by atoms with van der Waals surface area (Å²) >= 11 is 1.76. The molecule has 0 saturated heterocycles. The number of nitrogens with zero attached hydrogens (tertiary/aromatic N) is 1. The van der Waals surface area contributed by atoms with Gasteiger partial charge < -0.3 is 0 Å². The van der Waals surface area contributed by atoms with Crippen LogP contribution >= 0.6 is 11.8 Å². The van der Waals surface area contributed by atoms with Crippen LogP contribution in [-0.4, -0.2) is 16.5 Å². The van der Waals surface area contributed by atoms with Crippen molar-refractivity contribution in [2.45, 2.75) is 11.8 Å². The lowest BCUT2D eigenvalue weighted by Crippen LogP contribution is -1.80. The summed E-state index contributed by atoms with van der Waals surface area (Å²) in [6, 6.07) is 4.22. The molecule has 3 heteroatoms. The molecule has 0 bridgehead atoms. The minimum absolute atomic E-state index is 1.16. The second-order valence-electron chi connectivity index (χ2n) is 2.75. The highest BCUT2D eigenvalue weighted by atomic mass is 32.2. The van der Waals surface area contributed by atoms with Crippen LogP contribution in [0.2, 0.25) is 0 Å². The van der Waals surface area contributed by atoms with Crippen LogP contribution in [0.3, 0.4) is 0 Å². The highest BCUT2D eigenvalue weighted by molar-refractivity contribution is 7.98. The van der Waals surface area contributed by atoms with Crippen LogP contribution in [0, 0.1) is 6.92 Å². The average Bonchev–Trinajstić information content (AvgIpc) is 2.52. The molecule has 12 heavy (non-hydrogen) atoms. The lowest BCUT2D eigenvalue weighted by Gasteiger charge is -2.01. The molecule has 0 atom stereocenters. The summed E-state index contributed by atoms with van der Waals surface area (Å²) in [4.78, 5) is 1.30. The van der Waals surface area contributed by atoms with E-state index in [0.717, 1.165) is 5.52 Å². The molecule has 1 heterocycles. The molecule has 1 N–H and O–H groups in total. The number of aromatic amines is 1. The number of rotatable bonds is 1. The first kappa shape index (κ1) is 7.68. The van der Waals surface area contributed by atoms with Gasteiger partial charge >= 0.3 is 0 Å². The van der Waals surface area contributed by atoms with Gasteiger partial charge in [0.2, 0.25) is 0 Å². The predicted molar refractivity (Wildman–Crippen MR) is 52.6 cm³/mol. The largest absolute Gasteiger partial charge is 0.277 e. The first-order valence-corrected chi connectivity index (χ1v) is 5.02. The number of aryl methyl sites for hydroxylation is 1. The van der Waals surface area contributed by atoms with E-state index in [4.69, 9.17) is 0 Å². The normalized spacial score (nSPS) is 10.8. The average molecular weight is 178 g/mol. The number of H-pyrrole nitrogens is 1. The Labute approximate surface area is 75.4 Å². The third-order valence-corrected chi connectivity index (χ3v) is 2.91. The van der Waals surface area contributed by atoms with Crippen molar-refractivity contribution in [2.24, 2.45) is 0 Å². The van der Waals surface area contributed by atoms with E-state index in [1.54, 1.807) is 11.8 Å². The van der Waals surface area contributed by atoms with Gasteiger partial charge in [-0.15, -0.1) is 11.8 Å². The van der Waals surface area contributed by atoms with E-state index in [9.17, 15) is 0 Å². The number of fused-ring (bicyclic) bond motifs is 1. The Hall–Kier alpha value is -0.960. The minimum atomic E-state index is 1.16. The van der Waals surface area contributed by atoms with Gasteiger partial charge in [0.25, 0.3) is 0 Å². The van der Waals surface area contributed by atoms with Crippen molar-refractivity contribution in [3.8, 4) is 0 Å². The standard InChI is InChI=1S/C9H10N2S/c1-6-3-4-7-5-10-11-8(7)9(6)12-2/h3-5H,1-2H3,(H,10,11). The van der Waals surface area contributed by atoms with Crippen LogP contribution in [0.25, 0.3) is 10.9 Å². The summed E-state index contributed by atoms with van der Waals surface area (Å²) in [5, 5.41) is 8.21. The Kier molecular flexibility index (Phi) is 1.81. The molecule has 1 aromatic carbocycles. The lowest BCUT2D eigenvalue weighted by atomic mass is 10.2. The topological polar surface area (TPSA) is 28.7 Å². The van der Waals surface area contributed by atoms with Gasteiger partial charge in [-0.1, -0.05) is 12.1 Å². The molecule has 1 aromatic heterocycles. The Morgan fingerprint density at radius 1 is 1.42 bits per heavy atom. The maximum absolute atomic E-state index is 4.01. The zero-order chi connectivity index (χ0) is 8.55. The van der Waals surface area contributed by atoms with Gasteiger partial charge in [-0.2, -0.15) is 5.10 Å². The molecule has 0 spiro atoms. The molecule has 62 valence electrons. The van der Waals surface area contributed by atoms with Crippen LogP contribution in [0.15, 0.2) is 23.2 Å². The quantitative estimate of drug-likeness (QED) is 0.680. The van der Waals surface area contributed by atoms with Crippen molar-refractivity contribution >= 4 is 22.7 Å². The molecular formula is C9H10N2S. The Morgan fingerprint density at radius 3 is 3.00 bits per heavy atom. The molecule has 0 unspecified atom stereocenters. The maximum Gasteiger partial charge on any atom is 0.0788 e. The van der Waals surface area contributed by atoms with Crippen molar-refractivity contribution < 1.29 is 0 Å². The Bertz CT molecular complexity index is 406. The van der Waals surface area contributed by atoms with Gasteiger partial charge in [0.1, 0.15) is 0 Å². The van der Waals surface area contributed by atoms with Gasteiger partial charge in [-0.25, -0.2) is 0 Å². The summed E-state index contributed by atoms with van der Waals surface area (Å²) in [6.07, 6.45) is 3.94. The summed E-state index contributed by atoms with van der Waals surface area (Å²) in [7, 11) is 0. The molecule has 2 nitrogen and oxygen atoms in total.